The first-order valence-corrected chi connectivity index (χ1v) is 8.58. The lowest BCUT2D eigenvalue weighted by atomic mass is 9.77. The number of hydrogen-bond donors (Lipinski definition) is 2. The molecule has 0 bridgehead atoms. The van der Waals surface area contributed by atoms with Gasteiger partial charge in [0.1, 0.15) is 5.41 Å². The molecular weight excluding hydrogens is 330 g/mol. The largest absolute Gasteiger partial charge is 0.481 e. The fraction of sp³-hybridized carbons (Fsp3) is 0.333. The third kappa shape index (κ3) is 3.63. The predicted octanol–water partition coefficient (Wildman–Crippen LogP) is 3.10. The molecule has 0 aliphatic heterocycles. The zero-order valence-electron chi connectivity index (χ0n) is 15.4. The highest BCUT2D eigenvalue weighted by Gasteiger charge is 2.41. The zero-order chi connectivity index (χ0) is 19.2. The van der Waals surface area contributed by atoms with Crippen molar-refractivity contribution in [2.24, 2.45) is 0 Å². The lowest BCUT2D eigenvalue weighted by molar-refractivity contribution is -0.146. The van der Waals surface area contributed by atoms with Crippen molar-refractivity contribution in [3.8, 4) is 0 Å². The minimum atomic E-state index is -1.20. The molecule has 0 fully saturated rings. The second kappa shape index (κ2) is 8.15. The summed E-state index contributed by atoms with van der Waals surface area (Å²) in [4.78, 5) is 25.0. The molecular formula is C21H25NO4. The van der Waals surface area contributed by atoms with Gasteiger partial charge in [0.25, 0.3) is 5.91 Å². The van der Waals surface area contributed by atoms with Crippen LogP contribution in [0.2, 0.25) is 0 Å². The zero-order valence-corrected chi connectivity index (χ0v) is 15.4. The molecule has 2 unspecified atom stereocenters. The summed E-state index contributed by atoms with van der Waals surface area (Å²) in [7, 11) is 1.47. The maximum atomic E-state index is 12.9. The second-order valence-corrected chi connectivity index (χ2v) is 6.39. The SMILES string of the molecule is CCC(CNC(=O)C(C)(OC)c1ccccc1)(C(=O)O)c1ccccc1. The van der Waals surface area contributed by atoms with Crippen LogP contribution < -0.4 is 5.32 Å². The summed E-state index contributed by atoms with van der Waals surface area (Å²) in [5.74, 6) is -1.34. The standard InChI is InChI=1S/C21H25NO4/c1-4-21(19(24)25,17-13-9-6-10-14-17)15-22-18(23)20(2,26-3)16-11-7-5-8-12-16/h5-14H,4,15H2,1-3H3,(H,22,23)(H,24,25). The Hall–Kier alpha value is -2.66. The summed E-state index contributed by atoms with van der Waals surface area (Å²) >= 11 is 0. The van der Waals surface area contributed by atoms with Crippen LogP contribution in [0.4, 0.5) is 0 Å². The molecule has 0 heterocycles. The predicted molar refractivity (Wildman–Crippen MR) is 99.9 cm³/mol. The normalized spacial score (nSPS) is 15.5. The number of aliphatic carboxylic acids is 1. The fourth-order valence-corrected chi connectivity index (χ4v) is 3.04. The molecule has 0 saturated carbocycles. The molecule has 0 aromatic heterocycles. The summed E-state index contributed by atoms with van der Waals surface area (Å²) in [6.45, 7) is 3.46. The molecule has 0 radical (unpaired) electrons. The van der Waals surface area contributed by atoms with Gasteiger partial charge in [-0.05, 0) is 24.5 Å². The summed E-state index contributed by atoms with van der Waals surface area (Å²) in [6, 6.07) is 18.1. The van der Waals surface area contributed by atoms with Crippen LogP contribution >= 0.6 is 0 Å². The average Bonchev–Trinajstić information content (AvgIpc) is 2.69. The molecule has 2 rings (SSSR count). The highest BCUT2D eigenvalue weighted by molar-refractivity contribution is 5.88. The van der Waals surface area contributed by atoms with Crippen LogP contribution in [0, 0.1) is 0 Å². The van der Waals surface area contributed by atoms with Gasteiger partial charge in [-0.25, -0.2) is 0 Å². The molecule has 0 aliphatic rings. The lowest BCUT2D eigenvalue weighted by Crippen LogP contribution is -2.51. The minimum Gasteiger partial charge on any atom is -0.481 e. The Morgan fingerprint density at radius 1 is 1.00 bits per heavy atom. The van der Waals surface area contributed by atoms with Crippen LogP contribution in [0.1, 0.15) is 31.4 Å². The van der Waals surface area contributed by atoms with Gasteiger partial charge in [-0.15, -0.1) is 0 Å². The first-order valence-electron chi connectivity index (χ1n) is 8.58. The number of amides is 1. The highest BCUT2D eigenvalue weighted by atomic mass is 16.5. The Morgan fingerprint density at radius 3 is 1.92 bits per heavy atom. The van der Waals surface area contributed by atoms with E-state index in [9.17, 15) is 14.7 Å². The molecule has 2 N–H and O–H groups in total. The van der Waals surface area contributed by atoms with Crippen molar-refractivity contribution < 1.29 is 19.4 Å². The number of ether oxygens (including phenoxy) is 1. The lowest BCUT2D eigenvalue weighted by Gasteiger charge is -2.32. The van der Waals surface area contributed by atoms with Crippen molar-refractivity contribution in [1.82, 2.24) is 5.32 Å². The maximum Gasteiger partial charge on any atom is 0.315 e. The van der Waals surface area contributed by atoms with Crippen LogP contribution in [0.5, 0.6) is 0 Å². The first-order chi connectivity index (χ1) is 12.4. The Balaban J connectivity index is 2.28. The molecule has 1 amide bonds. The second-order valence-electron chi connectivity index (χ2n) is 6.39. The molecule has 5 heteroatoms. The van der Waals surface area contributed by atoms with Crippen LogP contribution in [0.3, 0.4) is 0 Å². The van der Waals surface area contributed by atoms with Gasteiger partial charge in [0.2, 0.25) is 0 Å². The number of carboxylic acids is 1. The van der Waals surface area contributed by atoms with Gasteiger partial charge in [0, 0.05) is 13.7 Å². The number of carbonyl (C=O) groups is 2. The maximum absolute atomic E-state index is 12.9. The molecule has 138 valence electrons. The Kier molecular flexibility index (Phi) is 6.16. The van der Waals surface area contributed by atoms with Crippen molar-refractivity contribution in [2.75, 3.05) is 13.7 Å². The molecule has 5 nitrogen and oxygen atoms in total. The van der Waals surface area contributed by atoms with E-state index in [1.54, 1.807) is 38.1 Å². The number of benzene rings is 2. The van der Waals surface area contributed by atoms with Crippen LogP contribution in [-0.4, -0.2) is 30.6 Å². The van der Waals surface area contributed by atoms with E-state index >= 15 is 0 Å². The Bertz CT molecular complexity index is 747. The summed E-state index contributed by atoms with van der Waals surface area (Å²) in [5, 5.41) is 12.7. The molecule has 2 aromatic rings. The number of rotatable bonds is 8. The molecule has 0 saturated heterocycles. The minimum absolute atomic E-state index is 0.0204. The third-order valence-electron chi connectivity index (χ3n) is 5.06. The monoisotopic (exact) mass is 355 g/mol. The van der Waals surface area contributed by atoms with Gasteiger partial charge in [-0.3, -0.25) is 9.59 Å². The van der Waals surface area contributed by atoms with Crippen molar-refractivity contribution in [3.63, 3.8) is 0 Å². The van der Waals surface area contributed by atoms with Crippen molar-refractivity contribution >= 4 is 11.9 Å². The smallest absolute Gasteiger partial charge is 0.315 e. The summed E-state index contributed by atoms with van der Waals surface area (Å²) in [6.07, 6.45) is 0.349. The number of carbonyl (C=O) groups excluding carboxylic acids is 1. The van der Waals surface area contributed by atoms with E-state index in [-0.39, 0.29) is 12.5 Å². The van der Waals surface area contributed by atoms with E-state index in [1.807, 2.05) is 36.4 Å². The quantitative estimate of drug-likeness (QED) is 0.763. The van der Waals surface area contributed by atoms with E-state index in [4.69, 9.17) is 4.74 Å². The van der Waals surface area contributed by atoms with Crippen LogP contribution in [0.15, 0.2) is 60.7 Å². The third-order valence-corrected chi connectivity index (χ3v) is 5.06. The number of methoxy groups -OCH3 is 1. The van der Waals surface area contributed by atoms with E-state index in [1.165, 1.54) is 7.11 Å². The number of carboxylic acid groups (broad SMARTS) is 1. The highest BCUT2D eigenvalue weighted by Crippen LogP contribution is 2.29. The summed E-state index contributed by atoms with van der Waals surface area (Å²) in [5.41, 5.74) is -1.02. The van der Waals surface area contributed by atoms with Gasteiger partial charge in [0.15, 0.2) is 5.60 Å². The van der Waals surface area contributed by atoms with Gasteiger partial charge in [-0.1, -0.05) is 67.6 Å². The van der Waals surface area contributed by atoms with Crippen LogP contribution in [0.25, 0.3) is 0 Å². The van der Waals surface area contributed by atoms with E-state index in [0.29, 0.717) is 17.5 Å². The van der Waals surface area contributed by atoms with Gasteiger partial charge < -0.3 is 15.2 Å². The van der Waals surface area contributed by atoms with Crippen molar-refractivity contribution in [3.05, 3.63) is 71.8 Å². The van der Waals surface area contributed by atoms with Gasteiger partial charge in [-0.2, -0.15) is 0 Å². The van der Waals surface area contributed by atoms with E-state index in [0.717, 1.165) is 0 Å². The first kappa shape index (κ1) is 19.7. The van der Waals surface area contributed by atoms with E-state index < -0.39 is 17.0 Å². The molecule has 0 spiro atoms. The Morgan fingerprint density at radius 2 is 1.50 bits per heavy atom. The van der Waals surface area contributed by atoms with Crippen molar-refractivity contribution in [2.45, 2.75) is 31.3 Å². The average molecular weight is 355 g/mol. The fourth-order valence-electron chi connectivity index (χ4n) is 3.04. The number of nitrogens with one attached hydrogen (secondary N) is 1. The van der Waals surface area contributed by atoms with E-state index in [2.05, 4.69) is 5.32 Å². The van der Waals surface area contributed by atoms with Gasteiger partial charge >= 0.3 is 5.97 Å². The molecule has 2 atom stereocenters. The number of hydrogen-bond acceptors (Lipinski definition) is 3. The summed E-state index contributed by atoms with van der Waals surface area (Å²) < 4.78 is 5.49. The molecule has 2 aromatic carbocycles. The van der Waals surface area contributed by atoms with Crippen molar-refractivity contribution in [1.29, 1.82) is 0 Å². The Labute approximate surface area is 154 Å². The van der Waals surface area contributed by atoms with Gasteiger partial charge in [0.05, 0.1) is 0 Å². The van der Waals surface area contributed by atoms with Crippen LogP contribution in [-0.2, 0) is 25.3 Å². The topological polar surface area (TPSA) is 75.6 Å². The molecule has 26 heavy (non-hydrogen) atoms. The molecule has 0 aliphatic carbocycles.